The average Bonchev–Trinajstić information content (AvgIpc) is 3.05. The van der Waals surface area contributed by atoms with Gasteiger partial charge in [-0.2, -0.15) is 4.98 Å². The van der Waals surface area contributed by atoms with Gasteiger partial charge in [0.1, 0.15) is 11.6 Å². The van der Waals surface area contributed by atoms with Crippen molar-refractivity contribution in [1.29, 1.82) is 0 Å². The number of aromatic amines is 1. The van der Waals surface area contributed by atoms with E-state index < -0.39 is 0 Å². The summed E-state index contributed by atoms with van der Waals surface area (Å²) in [6.45, 7) is 0. The highest BCUT2D eigenvalue weighted by molar-refractivity contribution is 5.81. The second kappa shape index (κ2) is 4.73. The highest BCUT2D eigenvalue weighted by Crippen LogP contribution is 2.23. The lowest BCUT2D eigenvalue weighted by molar-refractivity contribution is 0.415. The topological polar surface area (TPSA) is 67.2 Å². The molecule has 4 rings (SSSR count). The van der Waals surface area contributed by atoms with Gasteiger partial charge in [0.05, 0.1) is 23.8 Å². The van der Waals surface area contributed by atoms with Crippen molar-refractivity contribution in [3.63, 3.8) is 0 Å². The number of imidazole rings is 1. The van der Waals surface area contributed by atoms with E-state index in [0.29, 0.717) is 17.4 Å². The average molecular weight is 297 g/mol. The van der Waals surface area contributed by atoms with Gasteiger partial charge >= 0.3 is 0 Å². The summed E-state index contributed by atoms with van der Waals surface area (Å²) >= 11 is 0. The number of ether oxygens (including phenoxy) is 1. The number of nitrogens with zero attached hydrogens (tertiary/aromatic N) is 3. The standard InChI is InChI=1S/C15H12FN5O/c1-22-9-6-7-13-12(8-9)18-15-19-14(20-21(13)15)17-11-5-3-2-4-10(11)16/h2-8H,1H3,(H2,17,18,19,20). The van der Waals surface area contributed by atoms with Crippen LogP contribution < -0.4 is 10.1 Å². The molecule has 0 saturated carbocycles. The molecule has 2 N–H and O–H groups in total. The monoisotopic (exact) mass is 297 g/mol. The molecule has 2 aromatic carbocycles. The van der Waals surface area contributed by atoms with E-state index in [2.05, 4.69) is 20.4 Å². The summed E-state index contributed by atoms with van der Waals surface area (Å²) in [4.78, 5) is 8.73. The Morgan fingerprint density at radius 3 is 2.86 bits per heavy atom. The van der Waals surface area contributed by atoms with Gasteiger partial charge < -0.3 is 10.1 Å². The van der Waals surface area contributed by atoms with E-state index in [1.54, 1.807) is 29.8 Å². The Bertz CT molecular complexity index is 975. The third-order valence-electron chi connectivity index (χ3n) is 3.40. The second-order valence-corrected chi connectivity index (χ2v) is 4.78. The number of halogens is 1. The molecule has 0 saturated heterocycles. The first-order valence-corrected chi connectivity index (χ1v) is 6.68. The molecule has 2 aromatic heterocycles. The highest BCUT2D eigenvalue weighted by atomic mass is 19.1. The van der Waals surface area contributed by atoms with Crippen LogP contribution in [0, 0.1) is 5.82 Å². The number of para-hydroxylation sites is 1. The largest absolute Gasteiger partial charge is 0.497 e. The Labute approximate surface area is 124 Å². The fourth-order valence-corrected chi connectivity index (χ4v) is 2.34. The number of hydrogen-bond donors (Lipinski definition) is 2. The molecule has 0 bridgehead atoms. The first-order valence-electron chi connectivity index (χ1n) is 6.68. The number of H-pyrrole nitrogens is 1. The fourth-order valence-electron chi connectivity index (χ4n) is 2.34. The molecular formula is C15H12FN5O. The number of fused-ring (bicyclic) bond motifs is 3. The molecule has 0 aliphatic heterocycles. The van der Waals surface area contributed by atoms with E-state index in [4.69, 9.17) is 4.74 Å². The summed E-state index contributed by atoms with van der Waals surface area (Å²) < 4.78 is 20.6. The molecule has 6 nitrogen and oxygen atoms in total. The number of anilines is 2. The summed E-state index contributed by atoms with van der Waals surface area (Å²) in [6, 6.07) is 12.0. The molecule has 0 unspecified atom stereocenters. The van der Waals surface area contributed by atoms with Gasteiger partial charge in [-0.15, -0.1) is 0 Å². The van der Waals surface area contributed by atoms with Gasteiger partial charge in [-0.25, -0.2) is 13.9 Å². The maximum absolute atomic E-state index is 13.7. The maximum atomic E-state index is 13.7. The van der Waals surface area contributed by atoms with E-state index in [-0.39, 0.29) is 5.82 Å². The summed E-state index contributed by atoms with van der Waals surface area (Å²) in [6.07, 6.45) is 0. The molecular weight excluding hydrogens is 285 g/mol. The Hall–Kier alpha value is -3.09. The van der Waals surface area contributed by atoms with Crippen molar-refractivity contribution < 1.29 is 9.13 Å². The predicted octanol–water partition coefficient (Wildman–Crippen LogP) is 3.10. The Morgan fingerprint density at radius 2 is 2.05 bits per heavy atom. The molecule has 22 heavy (non-hydrogen) atoms. The first-order chi connectivity index (χ1) is 10.7. The summed E-state index contributed by atoms with van der Waals surface area (Å²) in [5.74, 6) is 1.32. The zero-order chi connectivity index (χ0) is 15.1. The van der Waals surface area contributed by atoms with Crippen LogP contribution >= 0.6 is 0 Å². The minimum atomic E-state index is -0.342. The van der Waals surface area contributed by atoms with Crippen molar-refractivity contribution in [2.24, 2.45) is 0 Å². The number of methoxy groups -OCH3 is 1. The minimum Gasteiger partial charge on any atom is -0.497 e. The van der Waals surface area contributed by atoms with Crippen LogP contribution in [-0.4, -0.2) is 26.7 Å². The van der Waals surface area contributed by atoms with E-state index in [1.165, 1.54) is 6.07 Å². The summed E-state index contributed by atoms with van der Waals surface area (Å²) in [7, 11) is 1.61. The van der Waals surface area contributed by atoms with Crippen LogP contribution in [0.4, 0.5) is 16.0 Å². The van der Waals surface area contributed by atoms with Gasteiger partial charge in [0, 0.05) is 6.07 Å². The number of aromatic nitrogens is 4. The molecule has 7 heteroatoms. The molecule has 0 amide bonds. The summed E-state index contributed by atoms with van der Waals surface area (Å²) in [5.41, 5.74) is 1.99. The van der Waals surface area contributed by atoms with Crippen LogP contribution in [0.3, 0.4) is 0 Å². The smallest absolute Gasteiger partial charge is 0.253 e. The Balaban J connectivity index is 1.77. The summed E-state index contributed by atoms with van der Waals surface area (Å²) in [5, 5.41) is 5.96. The number of hydrogen-bond acceptors (Lipinski definition) is 4. The van der Waals surface area contributed by atoms with Gasteiger partial charge in [-0.3, -0.25) is 5.10 Å². The SMILES string of the molecule is COc1ccc2c(c1)nc1nc(Nc3ccccc3F)[nH]n12. The van der Waals surface area contributed by atoms with Crippen LogP contribution in [0.1, 0.15) is 0 Å². The van der Waals surface area contributed by atoms with Crippen molar-refractivity contribution in [2.75, 3.05) is 12.4 Å². The van der Waals surface area contributed by atoms with E-state index in [0.717, 1.165) is 16.8 Å². The van der Waals surface area contributed by atoms with Crippen LogP contribution in [0.2, 0.25) is 0 Å². The quantitative estimate of drug-likeness (QED) is 0.610. The molecule has 0 radical (unpaired) electrons. The molecule has 0 aliphatic carbocycles. The van der Waals surface area contributed by atoms with Crippen molar-refractivity contribution in [3.8, 4) is 5.75 Å². The van der Waals surface area contributed by atoms with Crippen LogP contribution in [0.25, 0.3) is 16.8 Å². The lowest BCUT2D eigenvalue weighted by Gasteiger charge is -2.03. The molecule has 4 aromatic rings. The third kappa shape index (κ3) is 1.95. The van der Waals surface area contributed by atoms with E-state index in [9.17, 15) is 4.39 Å². The van der Waals surface area contributed by atoms with Crippen molar-refractivity contribution in [2.45, 2.75) is 0 Å². The Kier molecular flexibility index (Phi) is 2.72. The zero-order valence-electron chi connectivity index (χ0n) is 11.7. The van der Waals surface area contributed by atoms with Gasteiger partial charge in [0.25, 0.3) is 5.78 Å². The molecule has 0 fully saturated rings. The fraction of sp³-hybridized carbons (Fsp3) is 0.0667. The van der Waals surface area contributed by atoms with Gasteiger partial charge in [-0.1, -0.05) is 12.1 Å². The molecule has 0 spiro atoms. The number of rotatable bonds is 3. The molecule has 0 aliphatic rings. The normalized spacial score (nSPS) is 11.2. The first kappa shape index (κ1) is 12.6. The molecule has 0 atom stereocenters. The van der Waals surface area contributed by atoms with Crippen LogP contribution in [-0.2, 0) is 0 Å². The van der Waals surface area contributed by atoms with E-state index in [1.807, 2.05) is 18.2 Å². The van der Waals surface area contributed by atoms with Gasteiger partial charge in [-0.05, 0) is 24.3 Å². The van der Waals surface area contributed by atoms with Gasteiger partial charge in [0.15, 0.2) is 0 Å². The predicted molar refractivity (Wildman–Crippen MR) is 81.1 cm³/mol. The zero-order valence-corrected chi connectivity index (χ0v) is 11.7. The van der Waals surface area contributed by atoms with E-state index >= 15 is 0 Å². The van der Waals surface area contributed by atoms with Crippen molar-refractivity contribution >= 4 is 28.4 Å². The highest BCUT2D eigenvalue weighted by Gasteiger charge is 2.11. The lowest BCUT2D eigenvalue weighted by atomic mass is 10.3. The minimum absolute atomic E-state index is 0.342. The van der Waals surface area contributed by atoms with Crippen molar-refractivity contribution in [3.05, 3.63) is 48.3 Å². The Morgan fingerprint density at radius 1 is 1.18 bits per heavy atom. The van der Waals surface area contributed by atoms with Crippen LogP contribution in [0.15, 0.2) is 42.5 Å². The van der Waals surface area contributed by atoms with Crippen LogP contribution in [0.5, 0.6) is 5.75 Å². The van der Waals surface area contributed by atoms with Gasteiger partial charge in [0.2, 0.25) is 5.95 Å². The van der Waals surface area contributed by atoms with Crippen molar-refractivity contribution in [1.82, 2.24) is 19.6 Å². The molecule has 110 valence electrons. The number of benzene rings is 2. The number of nitrogens with one attached hydrogen (secondary N) is 2. The second-order valence-electron chi connectivity index (χ2n) is 4.78. The third-order valence-corrected chi connectivity index (χ3v) is 3.40. The lowest BCUT2D eigenvalue weighted by Crippen LogP contribution is -1.96. The maximum Gasteiger partial charge on any atom is 0.253 e. The molecule has 2 heterocycles.